The van der Waals surface area contributed by atoms with E-state index in [1.165, 1.54) is 10.5 Å². The summed E-state index contributed by atoms with van der Waals surface area (Å²) in [6, 6.07) is 7.82. The van der Waals surface area contributed by atoms with Gasteiger partial charge in [-0.1, -0.05) is 12.1 Å². The number of aryl methyl sites for hydroxylation is 1. The number of carbonyl (C=O) groups excluding carboxylic acids is 2. The van der Waals surface area contributed by atoms with Crippen LogP contribution in [0.25, 0.3) is 5.65 Å². The summed E-state index contributed by atoms with van der Waals surface area (Å²) in [6.07, 6.45) is -3.53. The Bertz CT molecular complexity index is 1170. The fourth-order valence-electron chi connectivity index (χ4n) is 3.68. The molecule has 0 spiro atoms. The van der Waals surface area contributed by atoms with Crippen molar-refractivity contribution in [2.75, 3.05) is 11.4 Å². The number of amides is 2. The Morgan fingerprint density at radius 2 is 1.97 bits per heavy atom. The van der Waals surface area contributed by atoms with E-state index in [0.29, 0.717) is 0 Å². The second-order valence-corrected chi connectivity index (χ2v) is 7.60. The van der Waals surface area contributed by atoms with Crippen LogP contribution in [0, 0.1) is 19.8 Å². The molecule has 1 aliphatic rings. The Balaban J connectivity index is 1.46. The van der Waals surface area contributed by atoms with Crippen LogP contribution in [0.3, 0.4) is 0 Å². The number of alkyl halides is 3. The van der Waals surface area contributed by atoms with Gasteiger partial charge >= 0.3 is 6.18 Å². The Morgan fingerprint density at radius 1 is 1.19 bits per heavy atom. The minimum atomic E-state index is -4.50. The van der Waals surface area contributed by atoms with E-state index < -0.39 is 17.7 Å². The molecule has 2 aromatic heterocycles. The third-order valence-electron chi connectivity index (χ3n) is 5.58. The second-order valence-electron chi connectivity index (χ2n) is 7.60. The lowest BCUT2D eigenvalue weighted by molar-refractivity contribution is -0.138. The lowest BCUT2D eigenvalue weighted by atomic mass is 10.1. The summed E-state index contributed by atoms with van der Waals surface area (Å²) in [7, 11) is 0. The highest BCUT2D eigenvalue weighted by Crippen LogP contribution is 2.30. The van der Waals surface area contributed by atoms with Gasteiger partial charge in [0.15, 0.2) is 11.5 Å². The number of fused-ring (bicyclic) bond motifs is 1. The largest absolute Gasteiger partial charge is 0.417 e. The van der Waals surface area contributed by atoms with E-state index in [-0.39, 0.29) is 42.8 Å². The summed E-state index contributed by atoms with van der Waals surface area (Å²) in [6.45, 7) is 4.02. The second kappa shape index (κ2) is 7.68. The van der Waals surface area contributed by atoms with Crippen molar-refractivity contribution in [2.45, 2.75) is 33.0 Å². The van der Waals surface area contributed by atoms with Crippen LogP contribution >= 0.6 is 0 Å². The third kappa shape index (κ3) is 3.97. The van der Waals surface area contributed by atoms with E-state index in [0.717, 1.165) is 29.1 Å². The minimum Gasteiger partial charge on any atom is -0.348 e. The summed E-state index contributed by atoms with van der Waals surface area (Å²) in [4.78, 5) is 26.8. The monoisotopic (exact) mass is 431 g/mol. The van der Waals surface area contributed by atoms with E-state index in [4.69, 9.17) is 0 Å². The number of hydrogen-bond acceptors (Lipinski definition) is 4. The van der Waals surface area contributed by atoms with Gasteiger partial charge in [0.2, 0.25) is 11.8 Å². The van der Waals surface area contributed by atoms with E-state index >= 15 is 0 Å². The van der Waals surface area contributed by atoms with Crippen molar-refractivity contribution in [3.8, 4) is 0 Å². The van der Waals surface area contributed by atoms with E-state index in [1.54, 1.807) is 4.90 Å². The molecule has 10 heteroatoms. The van der Waals surface area contributed by atoms with Crippen LogP contribution in [-0.2, 0) is 22.3 Å². The molecule has 0 radical (unpaired) electrons. The molecule has 1 atom stereocenters. The van der Waals surface area contributed by atoms with Gasteiger partial charge < -0.3 is 10.2 Å². The number of nitrogens with zero attached hydrogens (tertiary/aromatic N) is 4. The van der Waals surface area contributed by atoms with Gasteiger partial charge in [-0.2, -0.15) is 13.2 Å². The molecule has 4 rings (SSSR count). The Hall–Kier alpha value is -3.43. The lowest BCUT2D eigenvalue weighted by Crippen LogP contribution is -2.33. The Morgan fingerprint density at radius 3 is 2.71 bits per heavy atom. The van der Waals surface area contributed by atoms with Gasteiger partial charge in [-0.15, -0.1) is 10.2 Å². The molecule has 0 unspecified atom stereocenters. The molecule has 1 aliphatic heterocycles. The first kappa shape index (κ1) is 20.8. The summed E-state index contributed by atoms with van der Waals surface area (Å²) in [5, 5.41) is 10.4. The first-order chi connectivity index (χ1) is 14.6. The van der Waals surface area contributed by atoms with Crippen LogP contribution in [-0.4, -0.2) is 33.0 Å². The molecule has 3 heterocycles. The van der Waals surface area contributed by atoms with E-state index in [2.05, 4.69) is 15.5 Å². The first-order valence-electron chi connectivity index (χ1n) is 9.70. The van der Waals surface area contributed by atoms with Gasteiger partial charge in [0.1, 0.15) is 0 Å². The van der Waals surface area contributed by atoms with Gasteiger partial charge in [0, 0.05) is 24.8 Å². The number of halogens is 3. The van der Waals surface area contributed by atoms with Crippen LogP contribution in [0.15, 0.2) is 36.5 Å². The van der Waals surface area contributed by atoms with Crippen molar-refractivity contribution in [2.24, 2.45) is 5.92 Å². The molecular formula is C21H20F3N5O2. The van der Waals surface area contributed by atoms with Crippen molar-refractivity contribution < 1.29 is 22.8 Å². The van der Waals surface area contributed by atoms with Crippen molar-refractivity contribution >= 4 is 23.1 Å². The molecule has 162 valence electrons. The number of carbonyl (C=O) groups is 2. The maximum absolute atomic E-state index is 13.0. The molecule has 0 saturated carbocycles. The molecule has 2 amide bonds. The fourth-order valence-corrected chi connectivity index (χ4v) is 3.68. The zero-order chi connectivity index (χ0) is 22.3. The van der Waals surface area contributed by atoms with Crippen LogP contribution in [0.5, 0.6) is 0 Å². The van der Waals surface area contributed by atoms with Gasteiger partial charge in [0.25, 0.3) is 0 Å². The highest BCUT2D eigenvalue weighted by Gasteiger charge is 2.36. The fraction of sp³-hybridized carbons (Fsp3) is 0.333. The summed E-state index contributed by atoms with van der Waals surface area (Å²) in [5.74, 6) is -0.885. The van der Waals surface area contributed by atoms with Gasteiger partial charge in [-0.3, -0.25) is 14.0 Å². The molecule has 31 heavy (non-hydrogen) atoms. The Labute approximate surface area is 175 Å². The average molecular weight is 431 g/mol. The molecule has 1 saturated heterocycles. The van der Waals surface area contributed by atoms with Crippen LogP contribution in [0.2, 0.25) is 0 Å². The molecule has 1 fully saturated rings. The lowest BCUT2D eigenvalue weighted by Gasteiger charge is -2.20. The number of benzene rings is 1. The van der Waals surface area contributed by atoms with Crippen LogP contribution < -0.4 is 10.2 Å². The van der Waals surface area contributed by atoms with Gasteiger partial charge in [-0.25, -0.2) is 0 Å². The molecule has 1 N–H and O–H groups in total. The normalized spacial score (nSPS) is 16.9. The molecule has 3 aromatic rings. The van der Waals surface area contributed by atoms with E-state index in [1.807, 2.05) is 32.0 Å². The predicted octanol–water partition coefficient (Wildman–Crippen LogP) is 3.03. The number of anilines is 1. The maximum Gasteiger partial charge on any atom is 0.417 e. The quantitative estimate of drug-likeness (QED) is 0.689. The molecule has 0 aliphatic carbocycles. The van der Waals surface area contributed by atoms with Crippen molar-refractivity contribution in [1.29, 1.82) is 0 Å². The third-order valence-corrected chi connectivity index (χ3v) is 5.58. The SMILES string of the molecule is Cc1cccc(N2C[C@@H](C(=O)NCc3nnc4ccc(C(F)(F)F)cn34)CC2=O)c1C. The number of aromatic nitrogens is 3. The van der Waals surface area contributed by atoms with Crippen LogP contribution in [0.4, 0.5) is 18.9 Å². The number of pyridine rings is 1. The van der Waals surface area contributed by atoms with Crippen molar-refractivity contribution in [3.63, 3.8) is 0 Å². The number of rotatable bonds is 4. The van der Waals surface area contributed by atoms with Crippen molar-refractivity contribution in [1.82, 2.24) is 19.9 Å². The summed E-state index contributed by atoms with van der Waals surface area (Å²) in [5.41, 5.74) is 2.22. The topological polar surface area (TPSA) is 79.6 Å². The average Bonchev–Trinajstić information content (AvgIpc) is 3.30. The molecule has 1 aromatic carbocycles. The number of nitrogens with one attached hydrogen (secondary N) is 1. The van der Waals surface area contributed by atoms with E-state index in [9.17, 15) is 22.8 Å². The molecule has 0 bridgehead atoms. The number of hydrogen-bond donors (Lipinski definition) is 1. The highest BCUT2D eigenvalue weighted by molar-refractivity contribution is 6.00. The first-order valence-corrected chi connectivity index (χ1v) is 9.70. The Kier molecular flexibility index (Phi) is 5.16. The zero-order valence-corrected chi connectivity index (χ0v) is 16.9. The van der Waals surface area contributed by atoms with Crippen LogP contribution in [0.1, 0.15) is 28.9 Å². The highest BCUT2D eigenvalue weighted by atomic mass is 19.4. The molecular weight excluding hydrogens is 411 g/mol. The van der Waals surface area contributed by atoms with Gasteiger partial charge in [-0.05, 0) is 43.2 Å². The zero-order valence-electron chi connectivity index (χ0n) is 16.9. The van der Waals surface area contributed by atoms with Gasteiger partial charge in [0.05, 0.1) is 18.0 Å². The molecule has 7 nitrogen and oxygen atoms in total. The van der Waals surface area contributed by atoms with Crippen molar-refractivity contribution in [3.05, 3.63) is 59.0 Å². The standard InChI is InChI=1S/C21H20F3N5O2/c1-12-4-3-5-16(13(12)2)28-10-14(8-19(28)30)20(31)25-9-18-27-26-17-7-6-15(11-29(17)18)21(22,23)24/h3-7,11,14H,8-10H2,1-2H3,(H,25,31)/t14-/m0/s1. The maximum atomic E-state index is 13.0. The smallest absolute Gasteiger partial charge is 0.348 e. The predicted molar refractivity (Wildman–Crippen MR) is 106 cm³/mol. The summed E-state index contributed by atoms with van der Waals surface area (Å²) < 4.78 is 40.1. The summed E-state index contributed by atoms with van der Waals surface area (Å²) >= 11 is 0. The minimum absolute atomic E-state index is 0.0675.